The monoisotopic (exact) mass is 372 g/mol. The maximum atomic E-state index is 9.69. The van der Waals surface area contributed by atoms with E-state index in [9.17, 15) is 5.11 Å². The normalized spacial score (nSPS) is 20.1. The number of aliphatic hydroxyl groups is 1. The second-order valence-electron chi connectivity index (χ2n) is 7.45. The summed E-state index contributed by atoms with van der Waals surface area (Å²) >= 11 is 0. The molecule has 27 heavy (non-hydrogen) atoms. The van der Waals surface area contributed by atoms with Crippen molar-refractivity contribution in [1.82, 2.24) is 19.5 Å². The van der Waals surface area contributed by atoms with Gasteiger partial charge in [-0.05, 0) is 12.8 Å². The predicted octanol–water partition coefficient (Wildman–Crippen LogP) is 1.31. The molecule has 0 bridgehead atoms. The third-order valence-corrected chi connectivity index (χ3v) is 5.28. The van der Waals surface area contributed by atoms with Crippen molar-refractivity contribution in [2.24, 2.45) is 7.05 Å². The molecule has 1 N–H and O–H groups in total. The molecule has 0 aromatic carbocycles. The lowest BCUT2D eigenvalue weighted by molar-refractivity contribution is 0.140. The Hall–Kier alpha value is -2.19. The van der Waals surface area contributed by atoms with Gasteiger partial charge in [0.25, 0.3) is 0 Å². The predicted molar refractivity (Wildman–Crippen MR) is 103 cm³/mol. The fourth-order valence-corrected chi connectivity index (χ4v) is 3.60. The van der Waals surface area contributed by atoms with E-state index in [2.05, 4.69) is 22.9 Å². The van der Waals surface area contributed by atoms with E-state index in [1.54, 1.807) is 0 Å². The summed E-state index contributed by atoms with van der Waals surface area (Å²) in [6, 6.07) is 2.11. The van der Waals surface area contributed by atoms with Gasteiger partial charge in [-0.25, -0.2) is 9.97 Å². The lowest BCUT2D eigenvalue weighted by Gasteiger charge is -2.36. The van der Waals surface area contributed by atoms with Gasteiger partial charge >= 0.3 is 0 Å². The van der Waals surface area contributed by atoms with Gasteiger partial charge in [0.2, 0.25) is 5.95 Å². The van der Waals surface area contributed by atoms with Crippen LogP contribution in [0.1, 0.15) is 37.2 Å². The van der Waals surface area contributed by atoms with Crippen molar-refractivity contribution in [1.29, 1.82) is 0 Å². The highest BCUT2D eigenvalue weighted by atomic mass is 16.5. The lowest BCUT2D eigenvalue weighted by Crippen LogP contribution is -2.51. The zero-order valence-electron chi connectivity index (χ0n) is 16.1. The van der Waals surface area contributed by atoms with E-state index in [4.69, 9.17) is 14.7 Å². The van der Waals surface area contributed by atoms with E-state index >= 15 is 0 Å². The molecule has 146 valence electrons. The van der Waals surface area contributed by atoms with Crippen molar-refractivity contribution >= 4 is 11.8 Å². The Morgan fingerprint density at radius 1 is 1.33 bits per heavy atom. The highest BCUT2D eigenvalue weighted by Gasteiger charge is 2.29. The molecule has 2 aliphatic heterocycles. The van der Waals surface area contributed by atoms with Crippen molar-refractivity contribution < 1.29 is 9.84 Å². The lowest BCUT2D eigenvalue weighted by atomic mass is 10.0. The minimum Gasteiger partial charge on any atom is -0.389 e. The Labute approximate surface area is 159 Å². The summed E-state index contributed by atoms with van der Waals surface area (Å²) in [5.74, 6) is 2.95. The average Bonchev–Trinajstić information content (AvgIpc) is 3.31. The van der Waals surface area contributed by atoms with E-state index in [0.29, 0.717) is 38.1 Å². The maximum absolute atomic E-state index is 9.69. The van der Waals surface area contributed by atoms with Crippen molar-refractivity contribution in [2.45, 2.75) is 38.3 Å². The van der Waals surface area contributed by atoms with Crippen molar-refractivity contribution in [2.75, 3.05) is 42.6 Å². The minimum atomic E-state index is -0.283. The van der Waals surface area contributed by atoms with Crippen LogP contribution < -0.4 is 9.80 Å². The molecule has 0 spiro atoms. The van der Waals surface area contributed by atoms with Crippen LogP contribution in [0.25, 0.3) is 0 Å². The summed E-state index contributed by atoms with van der Waals surface area (Å²) in [5.41, 5.74) is 1.04. The maximum Gasteiger partial charge on any atom is 0.227 e. The number of rotatable bonds is 7. The molecule has 2 aromatic rings. The quantitative estimate of drug-likeness (QED) is 0.785. The number of imidazole rings is 1. The van der Waals surface area contributed by atoms with Gasteiger partial charge in [-0.3, -0.25) is 0 Å². The van der Waals surface area contributed by atoms with Crippen LogP contribution in [0.3, 0.4) is 0 Å². The number of nitrogens with zero attached hydrogens (tertiary/aromatic N) is 6. The second kappa shape index (κ2) is 7.82. The number of aromatic nitrogens is 4. The molecule has 0 aliphatic carbocycles. The first-order chi connectivity index (χ1) is 13.1. The van der Waals surface area contributed by atoms with Crippen molar-refractivity contribution in [3.63, 3.8) is 0 Å². The summed E-state index contributed by atoms with van der Waals surface area (Å²) in [6.07, 6.45) is 5.52. The van der Waals surface area contributed by atoms with Gasteiger partial charge in [0.05, 0.1) is 24.9 Å². The van der Waals surface area contributed by atoms with E-state index < -0.39 is 0 Å². The fourth-order valence-electron chi connectivity index (χ4n) is 3.60. The third kappa shape index (κ3) is 3.91. The van der Waals surface area contributed by atoms with E-state index in [-0.39, 0.29) is 6.10 Å². The standard InChI is InChI=1S/C19H28N6O2/c1-3-6-24(12-18-20-5-7-23(18)2)17-9-16(14-4-8-27-13-14)21-19(22-17)25-10-15(26)11-25/h5,7,9,14-15,26H,3-4,6,8,10-13H2,1-2H3. The topological polar surface area (TPSA) is 79.5 Å². The summed E-state index contributed by atoms with van der Waals surface area (Å²) in [7, 11) is 2.01. The molecule has 8 nitrogen and oxygen atoms in total. The summed E-state index contributed by atoms with van der Waals surface area (Å²) in [6.45, 7) is 6.46. The zero-order chi connectivity index (χ0) is 18.8. The smallest absolute Gasteiger partial charge is 0.227 e. The molecule has 4 rings (SSSR count). The Balaban J connectivity index is 1.66. The Bertz CT molecular complexity index is 767. The van der Waals surface area contributed by atoms with Crippen LogP contribution in [0.15, 0.2) is 18.5 Å². The minimum absolute atomic E-state index is 0.283. The molecule has 2 aromatic heterocycles. The first-order valence-electron chi connectivity index (χ1n) is 9.75. The highest BCUT2D eigenvalue weighted by molar-refractivity contribution is 5.48. The molecule has 0 amide bonds. The molecule has 8 heteroatoms. The SMILES string of the molecule is CCCN(Cc1nccn1C)c1cc(C2CCOC2)nc(N2CC(O)C2)n1. The number of ether oxygens (including phenoxy) is 1. The van der Waals surface area contributed by atoms with E-state index in [1.807, 2.05) is 28.9 Å². The number of β-amino-alcohol motifs (C(OH)–C–C–N with tert-alkyl or cyclic N) is 1. The number of aryl methyl sites for hydroxylation is 1. The highest BCUT2D eigenvalue weighted by Crippen LogP contribution is 2.29. The summed E-state index contributed by atoms with van der Waals surface area (Å²) in [5, 5.41) is 9.69. The van der Waals surface area contributed by atoms with Crippen LogP contribution in [-0.2, 0) is 18.3 Å². The second-order valence-corrected chi connectivity index (χ2v) is 7.45. The first kappa shape index (κ1) is 18.2. The molecule has 1 atom stereocenters. The molecule has 2 fully saturated rings. The van der Waals surface area contributed by atoms with Crippen LogP contribution in [0.5, 0.6) is 0 Å². The molecule has 0 saturated carbocycles. The number of hydrogen-bond acceptors (Lipinski definition) is 7. The summed E-state index contributed by atoms with van der Waals surface area (Å²) < 4.78 is 7.62. The van der Waals surface area contributed by atoms with Crippen molar-refractivity contribution in [3.8, 4) is 0 Å². The van der Waals surface area contributed by atoms with E-state index in [1.165, 1.54) is 0 Å². The van der Waals surface area contributed by atoms with Crippen molar-refractivity contribution in [3.05, 3.63) is 30.0 Å². The van der Waals surface area contributed by atoms with Crippen LogP contribution >= 0.6 is 0 Å². The van der Waals surface area contributed by atoms with Gasteiger partial charge in [0.15, 0.2) is 0 Å². The molecule has 2 saturated heterocycles. The molecule has 2 aliphatic rings. The zero-order valence-corrected chi connectivity index (χ0v) is 16.1. The van der Waals surface area contributed by atoms with Crippen LogP contribution in [0, 0.1) is 0 Å². The van der Waals surface area contributed by atoms with Gasteiger partial charge < -0.3 is 24.2 Å². The largest absolute Gasteiger partial charge is 0.389 e. The molecule has 4 heterocycles. The summed E-state index contributed by atoms with van der Waals surface area (Å²) in [4.78, 5) is 18.4. The van der Waals surface area contributed by atoms with Crippen LogP contribution in [-0.4, -0.2) is 63.6 Å². The number of anilines is 2. The number of aliphatic hydroxyl groups excluding tert-OH is 1. The van der Waals surface area contributed by atoms with Gasteiger partial charge in [-0.15, -0.1) is 0 Å². The van der Waals surface area contributed by atoms with Gasteiger partial charge in [-0.1, -0.05) is 6.92 Å². The van der Waals surface area contributed by atoms with E-state index in [0.717, 1.165) is 43.3 Å². The Kier molecular flexibility index (Phi) is 5.27. The Morgan fingerprint density at radius 3 is 2.81 bits per heavy atom. The Morgan fingerprint density at radius 2 is 2.19 bits per heavy atom. The van der Waals surface area contributed by atoms with Gasteiger partial charge in [0.1, 0.15) is 11.6 Å². The van der Waals surface area contributed by atoms with Gasteiger partial charge in [0, 0.05) is 57.7 Å². The molecule has 0 radical (unpaired) electrons. The fraction of sp³-hybridized carbons (Fsp3) is 0.632. The van der Waals surface area contributed by atoms with Crippen LogP contribution in [0.4, 0.5) is 11.8 Å². The first-order valence-corrected chi connectivity index (χ1v) is 9.75. The number of hydrogen-bond donors (Lipinski definition) is 1. The van der Waals surface area contributed by atoms with Crippen LogP contribution in [0.2, 0.25) is 0 Å². The van der Waals surface area contributed by atoms with Gasteiger partial charge in [-0.2, -0.15) is 4.98 Å². The average molecular weight is 372 g/mol. The molecular weight excluding hydrogens is 344 g/mol. The molecular formula is C19H28N6O2. The third-order valence-electron chi connectivity index (χ3n) is 5.28. The molecule has 1 unspecified atom stereocenters.